The molecule has 0 aliphatic rings. The zero-order chi connectivity index (χ0) is 81.8. The molecule has 16 heteroatoms. The number of rotatable bonds is 16. The van der Waals surface area contributed by atoms with Crippen molar-refractivity contribution in [2.24, 2.45) is 0 Å². The maximum absolute atomic E-state index is 8.58. The average molecular weight is 2000 g/mol. The Balaban J connectivity index is 0.000000175. The largest absolute Gasteiger partial charge is 0.569 e. The first-order valence-electron chi connectivity index (χ1n) is 38.0. The third-order valence-corrected chi connectivity index (χ3v) is 29.2. The van der Waals surface area contributed by atoms with Crippen molar-refractivity contribution in [3.63, 3.8) is 0 Å². The second kappa shape index (κ2) is 56.5. The van der Waals surface area contributed by atoms with Gasteiger partial charge in [-0.05, 0) is 212 Å². The van der Waals surface area contributed by atoms with Crippen molar-refractivity contribution in [1.82, 2.24) is 0 Å². The van der Waals surface area contributed by atoms with Gasteiger partial charge in [-0.15, -0.1) is 0 Å². The number of halogens is 3. The van der Waals surface area contributed by atoms with E-state index in [4.69, 9.17) is 15.1 Å². The molecular formula is C105H84BBr2INa2O5P4Pd-. The van der Waals surface area contributed by atoms with Gasteiger partial charge in [-0.1, -0.05) is 475 Å². The van der Waals surface area contributed by atoms with Gasteiger partial charge >= 0.3 is 7.69 Å². The first-order chi connectivity index (χ1) is 58.2. The Morgan fingerprint density at radius 2 is 0.455 bits per heavy atom. The normalized spacial score (nSPS) is 9.99. The molecular weight excluding hydrogens is 1910 g/mol. The van der Waals surface area contributed by atoms with E-state index >= 15 is 0 Å². The number of benzene rings is 18. The van der Waals surface area contributed by atoms with Crippen LogP contribution in [-0.4, -0.2) is 83.6 Å². The zero-order valence-corrected chi connectivity index (χ0v) is 81.2. The summed E-state index contributed by atoms with van der Waals surface area (Å²) in [4.78, 5) is 11.3. The number of carbonyl (C=O) groups excluding carboxylic acids is 1. The monoisotopic (exact) mass is 2000 g/mol. The van der Waals surface area contributed by atoms with Crippen LogP contribution in [0.25, 0.3) is 32.7 Å². The summed E-state index contributed by atoms with van der Waals surface area (Å²) in [5.74, 6) is 0.639. The van der Waals surface area contributed by atoms with Crippen molar-refractivity contribution in [3.8, 4) is 16.9 Å². The smallest absolute Gasteiger partial charge is 0.537 e. The van der Waals surface area contributed by atoms with E-state index in [1.807, 2.05) is 24.3 Å². The molecule has 18 aromatic rings. The molecule has 2 N–H and O–H groups in total. The third kappa shape index (κ3) is 32.5. The Morgan fingerprint density at radius 3 is 0.678 bits per heavy atom. The Hall–Kier alpha value is -8.19. The third-order valence-electron chi connectivity index (χ3n) is 17.8. The summed E-state index contributed by atoms with van der Waals surface area (Å²) in [7, 11) is -1.12. The molecule has 121 heavy (non-hydrogen) atoms. The van der Waals surface area contributed by atoms with E-state index in [2.05, 4.69) is 525 Å². The molecule has 591 valence electrons. The Labute approximate surface area is 807 Å². The molecule has 0 saturated carbocycles. The summed E-state index contributed by atoms with van der Waals surface area (Å²) >= 11 is 9.29. The van der Waals surface area contributed by atoms with Gasteiger partial charge in [0.2, 0.25) is 0 Å². The Morgan fingerprint density at radius 1 is 0.256 bits per heavy atom. The van der Waals surface area contributed by atoms with E-state index in [-0.39, 0.29) is 79.5 Å². The van der Waals surface area contributed by atoms with Gasteiger partial charge in [0, 0.05) is 92.1 Å². The van der Waals surface area contributed by atoms with Gasteiger partial charge in [0.05, 0.1) is 5.75 Å². The molecule has 0 spiro atoms. The maximum Gasteiger partial charge on any atom is 0.569 e. The summed E-state index contributed by atoms with van der Waals surface area (Å²) in [6.07, 6.45) is 0. The molecule has 0 bridgehead atoms. The summed E-state index contributed by atoms with van der Waals surface area (Å²) in [5.41, 5.74) is 2.52. The van der Waals surface area contributed by atoms with Crippen LogP contribution in [0.2, 0.25) is 0 Å². The SMILES string of the molecule is Brc1ccc2ccc(-c3ccccc3)cc2c1.Brc1ccc2ccc(I)cc2c1.O=[C-]OO.O[B]Oc1ccccc1.[Na].[Na].[Pd].c1ccc(P(c2ccccc2)c2ccccc2)cc1.c1ccc(P(c2ccccc2)c2ccccc2)cc1.c1ccc(P(c2ccccc2)c2ccccc2)cc1.c1ccc(P(c2ccccc2)c2ccccc2)cc1. The second-order valence-electron chi connectivity index (χ2n) is 25.8. The summed E-state index contributed by atoms with van der Waals surface area (Å²) in [6.45, 7) is 0.736. The van der Waals surface area contributed by atoms with Crippen LogP contribution in [0.4, 0.5) is 0 Å². The Bertz CT molecular complexity index is 4940. The molecule has 0 fully saturated rings. The van der Waals surface area contributed by atoms with Crippen LogP contribution >= 0.6 is 86.1 Å². The van der Waals surface area contributed by atoms with Crippen LogP contribution in [0.1, 0.15) is 0 Å². The molecule has 3 radical (unpaired) electrons. The predicted octanol–water partition coefficient (Wildman–Crippen LogP) is 22.6. The minimum Gasteiger partial charge on any atom is -0.537 e. The fraction of sp³-hybridized carbons (Fsp3) is 0. The molecule has 0 atom stereocenters. The van der Waals surface area contributed by atoms with Crippen LogP contribution in [-0.2, 0) is 30.1 Å². The molecule has 0 aromatic heterocycles. The number of hydrogen-bond donors (Lipinski definition) is 2. The fourth-order valence-electron chi connectivity index (χ4n) is 12.5. The molecule has 0 aliphatic carbocycles. The van der Waals surface area contributed by atoms with Crippen LogP contribution in [0.5, 0.6) is 5.75 Å². The van der Waals surface area contributed by atoms with Gasteiger partial charge in [-0.25, -0.2) is 5.26 Å². The average Bonchev–Trinajstić information content (AvgIpc) is 0.818. The molecule has 0 heterocycles. The van der Waals surface area contributed by atoms with Gasteiger partial charge < -0.3 is 19.4 Å². The zero-order valence-electron chi connectivity index (χ0n) is 66.8. The van der Waals surface area contributed by atoms with Crippen molar-refractivity contribution < 1.29 is 45.0 Å². The van der Waals surface area contributed by atoms with Crippen molar-refractivity contribution in [3.05, 3.63) is 510 Å². The van der Waals surface area contributed by atoms with Crippen molar-refractivity contribution in [1.29, 1.82) is 0 Å². The van der Waals surface area contributed by atoms with Crippen LogP contribution in [0, 0.1) is 3.57 Å². The standard InChI is InChI=1S/4C18H15P.C16H11Br.C10H6BrI.C6H6BO2.CHO3.2Na.Pd/c4*1-4-10-16(11-5-1)19(17-12-6-2-7-13-17)18-14-8-3-9-15-18;17-16-9-8-13-6-7-14(10-15(13)11-16)12-4-2-1-3-5-12;11-9-3-1-7-2-4-10(12)6-8(7)5-9;8-7-9-6-4-2-1-3-5-6;2-1-4-3;;;/h4*1-15H;1-11H;1-6H;1-5,8H;3H;;;/q;;;;;;;-1;;;. The number of para-hydroxylation sites is 1. The molecule has 0 saturated heterocycles. The first kappa shape index (κ1) is 98.2. The molecule has 0 aliphatic heterocycles. The molecule has 18 rings (SSSR count). The number of fused-ring (bicyclic) bond motifs is 2. The Kier molecular flexibility index (Phi) is 45.9. The first-order valence-corrected chi connectivity index (χ1v) is 46.0. The van der Waals surface area contributed by atoms with Gasteiger partial charge in [0.25, 0.3) is 0 Å². The van der Waals surface area contributed by atoms with E-state index in [0.29, 0.717) is 13.4 Å². The van der Waals surface area contributed by atoms with E-state index in [0.717, 1.165) is 15.4 Å². The molecule has 5 nitrogen and oxygen atoms in total. The van der Waals surface area contributed by atoms with Crippen LogP contribution in [0.3, 0.4) is 0 Å². The van der Waals surface area contributed by atoms with Gasteiger partial charge in [0.1, 0.15) is 0 Å². The minimum absolute atomic E-state index is 0. The van der Waals surface area contributed by atoms with Crippen LogP contribution in [0.15, 0.2) is 506 Å². The van der Waals surface area contributed by atoms with E-state index in [1.54, 1.807) is 12.1 Å². The second-order valence-corrected chi connectivity index (χ2v) is 37.7. The summed E-state index contributed by atoms with van der Waals surface area (Å²) < 4.78 is 8.17. The fourth-order valence-corrected chi connectivity index (χ4v) is 23.0. The topological polar surface area (TPSA) is 76.0 Å². The molecule has 0 amide bonds. The van der Waals surface area contributed by atoms with Crippen molar-refractivity contribution in [2.45, 2.75) is 0 Å². The van der Waals surface area contributed by atoms with Crippen LogP contribution < -0.4 is 68.3 Å². The van der Waals surface area contributed by atoms with Crippen molar-refractivity contribution in [2.75, 3.05) is 0 Å². The minimum atomic E-state index is -0.446. The predicted molar refractivity (Wildman–Crippen MR) is 538 cm³/mol. The number of hydrogen-bond acceptors (Lipinski definition) is 5. The summed E-state index contributed by atoms with van der Waals surface area (Å²) in [5, 5.41) is 37.0. The van der Waals surface area contributed by atoms with Gasteiger partial charge in [-0.2, -0.15) is 0 Å². The quantitative estimate of drug-likeness (QED) is 0.0252. The van der Waals surface area contributed by atoms with Gasteiger partial charge in [0.15, 0.2) is 0 Å². The molecule has 0 unspecified atom stereocenters. The van der Waals surface area contributed by atoms with E-state index < -0.39 is 31.7 Å². The van der Waals surface area contributed by atoms with E-state index in [9.17, 15) is 0 Å². The van der Waals surface area contributed by atoms with Gasteiger partial charge in [-0.3, -0.25) is 0 Å². The molecule has 18 aromatic carbocycles. The summed E-state index contributed by atoms with van der Waals surface area (Å²) in [6, 6.07) is 175. The van der Waals surface area contributed by atoms with E-state index in [1.165, 1.54) is 99.9 Å². The maximum atomic E-state index is 8.58. The van der Waals surface area contributed by atoms with Crippen molar-refractivity contribution >= 4 is 245 Å².